The number of aliphatic carboxylic acids is 2. The molecule has 2 unspecified atom stereocenters. The number of hydrogen-bond acceptors (Lipinski definition) is 4. The van der Waals surface area contributed by atoms with E-state index in [1.165, 1.54) is 5.56 Å². The van der Waals surface area contributed by atoms with Crippen molar-refractivity contribution in [3.05, 3.63) is 78.1 Å². The van der Waals surface area contributed by atoms with Gasteiger partial charge in [0.1, 0.15) is 5.82 Å². The molecule has 0 bridgehead atoms. The van der Waals surface area contributed by atoms with E-state index in [0.29, 0.717) is 23.3 Å². The van der Waals surface area contributed by atoms with Crippen molar-refractivity contribution in [3.63, 3.8) is 0 Å². The number of carboxylic acids is 2. The molecule has 1 saturated heterocycles. The van der Waals surface area contributed by atoms with E-state index in [9.17, 15) is 14.0 Å². The molecule has 0 aliphatic carbocycles. The number of benzene rings is 2. The second kappa shape index (κ2) is 11.4. The SMILES string of the molecule is CN1CCC(Sc2ccc(F)cc2)C(c2ccccc2)C1.O=C(O)C=CC(=O)O. The first-order valence-electron chi connectivity index (χ1n) is 9.15. The van der Waals surface area contributed by atoms with E-state index < -0.39 is 11.9 Å². The van der Waals surface area contributed by atoms with Crippen molar-refractivity contribution in [2.24, 2.45) is 0 Å². The normalized spacial score (nSPS) is 19.4. The fourth-order valence-electron chi connectivity index (χ4n) is 3.09. The standard InChI is InChI=1S/C18H20FNS.C4H4O4/c1-20-12-11-18(21-16-9-7-15(19)8-10-16)17(13-20)14-5-3-2-4-6-14;5-3(6)1-2-4(7)8/h2-10,17-18H,11-13H2,1H3;1-2H,(H,5,6)(H,7,8). The van der Waals surface area contributed by atoms with Crippen molar-refractivity contribution in [1.29, 1.82) is 0 Å². The second-order valence-corrected chi connectivity index (χ2v) is 8.00. The summed E-state index contributed by atoms with van der Waals surface area (Å²) in [4.78, 5) is 22.7. The van der Waals surface area contributed by atoms with E-state index in [2.05, 4.69) is 42.3 Å². The quantitative estimate of drug-likeness (QED) is 0.713. The van der Waals surface area contributed by atoms with Crippen molar-refractivity contribution < 1.29 is 24.2 Å². The molecule has 0 radical (unpaired) electrons. The molecule has 2 atom stereocenters. The number of nitrogens with zero attached hydrogens (tertiary/aromatic N) is 1. The summed E-state index contributed by atoms with van der Waals surface area (Å²) in [7, 11) is 2.19. The minimum absolute atomic E-state index is 0.165. The van der Waals surface area contributed by atoms with Crippen LogP contribution in [0.15, 0.2) is 71.6 Å². The van der Waals surface area contributed by atoms with Crippen LogP contribution in [0.5, 0.6) is 0 Å². The van der Waals surface area contributed by atoms with Gasteiger partial charge in [-0.15, -0.1) is 11.8 Å². The van der Waals surface area contributed by atoms with Gasteiger partial charge in [-0.2, -0.15) is 0 Å². The Morgan fingerprint density at radius 2 is 1.62 bits per heavy atom. The third-order valence-corrected chi connectivity index (χ3v) is 5.86. The first-order chi connectivity index (χ1) is 13.8. The lowest BCUT2D eigenvalue weighted by Crippen LogP contribution is -2.38. The molecule has 1 aliphatic heterocycles. The van der Waals surface area contributed by atoms with Gasteiger partial charge in [-0.3, -0.25) is 0 Å². The Balaban J connectivity index is 0.000000321. The Labute approximate surface area is 173 Å². The first-order valence-corrected chi connectivity index (χ1v) is 10.0. The van der Waals surface area contributed by atoms with Crippen LogP contribution in [0.3, 0.4) is 0 Å². The zero-order chi connectivity index (χ0) is 21.2. The molecule has 5 nitrogen and oxygen atoms in total. The zero-order valence-corrected chi connectivity index (χ0v) is 16.9. The molecule has 154 valence electrons. The summed E-state index contributed by atoms with van der Waals surface area (Å²) in [5.41, 5.74) is 1.41. The predicted octanol–water partition coefficient (Wildman–Crippen LogP) is 4.12. The van der Waals surface area contributed by atoms with Crippen molar-refractivity contribution >= 4 is 23.7 Å². The van der Waals surface area contributed by atoms with Gasteiger partial charge in [0.15, 0.2) is 0 Å². The number of likely N-dealkylation sites (tertiary alicyclic amines) is 1. The monoisotopic (exact) mass is 417 g/mol. The molecule has 1 fully saturated rings. The van der Waals surface area contributed by atoms with Crippen LogP contribution < -0.4 is 0 Å². The van der Waals surface area contributed by atoms with Crippen LogP contribution in [-0.2, 0) is 9.59 Å². The number of rotatable bonds is 5. The molecule has 0 amide bonds. The predicted molar refractivity (Wildman–Crippen MR) is 112 cm³/mol. The van der Waals surface area contributed by atoms with Crippen LogP contribution in [0, 0.1) is 5.82 Å². The van der Waals surface area contributed by atoms with Crippen molar-refractivity contribution in [3.8, 4) is 0 Å². The van der Waals surface area contributed by atoms with Crippen molar-refractivity contribution in [2.75, 3.05) is 20.1 Å². The topological polar surface area (TPSA) is 77.8 Å². The highest BCUT2D eigenvalue weighted by Gasteiger charge is 2.29. The highest BCUT2D eigenvalue weighted by molar-refractivity contribution is 8.00. The number of halogens is 1. The third kappa shape index (κ3) is 8.09. The highest BCUT2D eigenvalue weighted by atomic mass is 32.2. The molecule has 29 heavy (non-hydrogen) atoms. The largest absolute Gasteiger partial charge is 0.478 e. The van der Waals surface area contributed by atoms with Crippen LogP contribution in [0.2, 0.25) is 0 Å². The molecule has 0 aromatic heterocycles. The van der Waals surface area contributed by atoms with Gasteiger partial charge in [-0.1, -0.05) is 30.3 Å². The fraction of sp³-hybridized carbons (Fsp3) is 0.273. The van der Waals surface area contributed by atoms with Gasteiger partial charge in [-0.05, 0) is 49.8 Å². The highest BCUT2D eigenvalue weighted by Crippen LogP contribution is 2.38. The van der Waals surface area contributed by atoms with E-state index in [-0.39, 0.29) is 5.82 Å². The maximum Gasteiger partial charge on any atom is 0.328 e. The van der Waals surface area contributed by atoms with Gasteiger partial charge < -0.3 is 15.1 Å². The first kappa shape index (κ1) is 22.6. The molecule has 0 spiro atoms. The average Bonchev–Trinajstić information content (AvgIpc) is 2.70. The Kier molecular flexibility index (Phi) is 8.89. The summed E-state index contributed by atoms with van der Waals surface area (Å²) in [6, 6.07) is 17.6. The van der Waals surface area contributed by atoms with E-state index in [0.717, 1.165) is 24.4 Å². The molecule has 1 heterocycles. The van der Waals surface area contributed by atoms with Crippen LogP contribution >= 0.6 is 11.8 Å². The molecule has 7 heteroatoms. The Morgan fingerprint density at radius 3 is 2.17 bits per heavy atom. The number of piperidine rings is 1. The minimum atomic E-state index is -1.26. The summed E-state index contributed by atoms with van der Waals surface area (Å²) in [5, 5.41) is 16.2. The molecule has 1 aliphatic rings. The lowest BCUT2D eigenvalue weighted by Gasteiger charge is -2.36. The number of carboxylic acid groups (broad SMARTS) is 2. The summed E-state index contributed by atoms with van der Waals surface area (Å²) in [6.45, 7) is 2.21. The van der Waals surface area contributed by atoms with Crippen molar-refractivity contribution in [2.45, 2.75) is 22.5 Å². The fourth-order valence-corrected chi connectivity index (χ4v) is 4.36. The van der Waals surface area contributed by atoms with E-state index in [4.69, 9.17) is 10.2 Å². The Hall–Kier alpha value is -2.64. The smallest absolute Gasteiger partial charge is 0.328 e. The van der Waals surface area contributed by atoms with Gasteiger partial charge in [0, 0.05) is 34.8 Å². The molecule has 2 N–H and O–H groups in total. The van der Waals surface area contributed by atoms with Crippen LogP contribution in [0.4, 0.5) is 4.39 Å². The molecular formula is C22H24FNO4S. The molecule has 2 aromatic rings. The molecule has 3 rings (SSSR count). The van der Waals surface area contributed by atoms with E-state index in [1.54, 1.807) is 12.1 Å². The summed E-state index contributed by atoms with van der Waals surface area (Å²) >= 11 is 1.88. The summed E-state index contributed by atoms with van der Waals surface area (Å²) < 4.78 is 13.0. The summed E-state index contributed by atoms with van der Waals surface area (Å²) in [5.74, 6) is -2.15. The average molecular weight is 418 g/mol. The minimum Gasteiger partial charge on any atom is -0.478 e. The second-order valence-electron chi connectivity index (χ2n) is 6.69. The Morgan fingerprint density at radius 1 is 1.03 bits per heavy atom. The van der Waals surface area contributed by atoms with Gasteiger partial charge in [0.2, 0.25) is 0 Å². The van der Waals surface area contributed by atoms with Gasteiger partial charge in [0.25, 0.3) is 0 Å². The number of likely N-dealkylation sites (N-methyl/N-ethyl adjacent to an activating group) is 1. The maximum atomic E-state index is 13.0. The van der Waals surface area contributed by atoms with Crippen LogP contribution in [0.25, 0.3) is 0 Å². The van der Waals surface area contributed by atoms with Gasteiger partial charge in [0.05, 0.1) is 0 Å². The summed E-state index contributed by atoms with van der Waals surface area (Å²) in [6.07, 6.45) is 2.28. The number of carbonyl (C=O) groups is 2. The number of thioether (sulfide) groups is 1. The lowest BCUT2D eigenvalue weighted by atomic mass is 9.90. The van der Waals surface area contributed by atoms with Gasteiger partial charge >= 0.3 is 11.9 Å². The van der Waals surface area contributed by atoms with Gasteiger partial charge in [-0.25, -0.2) is 14.0 Å². The van der Waals surface area contributed by atoms with Crippen LogP contribution in [0.1, 0.15) is 17.9 Å². The molecule has 2 aromatic carbocycles. The third-order valence-electron chi connectivity index (χ3n) is 4.45. The lowest BCUT2D eigenvalue weighted by molar-refractivity contribution is -0.134. The Bertz CT molecular complexity index is 810. The van der Waals surface area contributed by atoms with E-state index in [1.807, 2.05) is 23.9 Å². The molecule has 0 saturated carbocycles. The van der Waals surface area contributed by atoms with E-state index >= 15 is 0 Å². The maximum absolute atomic E-state index is 13.0. The zero-order valence-electron chi connectivity index (χ0n) is 16.1. The van der Waals surface area contributed by atoms with Crippen LogP contribution in [-0.4, -0.2) is 52.4 Å². The van der Waals surface area contributed by atoms with Crippen molar-refractivity contribution in [1.82, 2.24) is 4.90 Å². The number of hydrogen-bond donors (Lipinski definition) is 2. The molecular weight excluding hydrogens is 393 g/mol.